The Labute approximate surface area is 161 Å². The number of amides is 3. The fourth-order valence-corrected chi connectivity index (χ4v) is 6.00. The van der Waals surface area contributed by atoms with Gasteiger partial charge in [0.2, 0.25) is 5.91 Å². The summed E-state index contributed by atoms with van der Waals surface area (Å²) in [6.07, 6.45) is 7.78. The van der Waals surface area contributed by atoms with E-state index in [0.717, 1.165) is 48.3 Å². The van der Waals surface area contributed by atoms with E-state index in [1.807, 2.05) is 32.0 Å². The molecule has 4 saturated carbocycles. The summed E-state index contributed by atoms with van der Waals surface area (Å²) in [5.74, 6) is 2.34. The average Bonchev–Trinajstić information content (AvgIpc) is 2.55. The number of hydrogen-bond acceptors (Lipinski definition) is 2. The highest BCUT2D eigenvalue weighted by Gasteiger charge is 2.51. The first-order chi connectivity index (χ1) is 12.9. The molecule has 4 aliphatic carbocycles. The lowest BCUT2D eigenvalue weighted by atomic mass is 9.53. The fraction of sp³-hybridized carbons (Fsp3) is 0.636. The highest BCUT2D eigenvalue weighted by molar-refractivity contribution is 5.91. The van der Waals surface area contributed by atoms with E-state index in [1.54, 1.807) is 0 Å². The maximum atomic E-state index is 12.4. The van der Waals surface area contributed by atoms with Crippen LogP contribution in [0.3, 0.4) is 0 Å². The summed E-state index contributed by atoms with van der Waals surface area (Å²) in [6, 6.07) is 5.85. The van der Waals surface area contributed by atoms with E-state index in [1.165, 1.54) is 24.8 Å². The molecule has 0 spiro atoms. The first kappa shape index (κ1) is 18.3. The van der Waals surface area contributed by atoms with Gasteiger partial charge >= 0.3 is 6.03 Å². The Kier molecular flexibility index (Phi) is 4.87. The zero-order valence-electron chi connectivity index (χ0n) is 16.4. The summed E-state index contributed by atoms with van der Waals surface area (Å²) in [4.78, 5) is 24.6. The summed E-state index contributed by atoms with van der Waals surface area (Å²) in [5, 5.41) is 9.10. The molecule has 5 rings (SSSR count). The molecule has 0 heterocycles. The van der Waals surface area contributed by atoms with Crippen LogP contribution in [-0.4, -0.2) is 24.0 Å². The molecule has 5 nitrogen and oxygen atoms in total. The van der Waals surface area contributed by atoms with Crippen molar-refractivity contribution in [3.8, 4) is 0 Å². The predicted octanol–water partition coefficient (Wildman–Crippen LogP) is 3.90. The Balaban J connectivity index is 1.22. The van der Waals surface area contributed by atoms with Crippen LogP contribution in [0.5, 0.6) is 0 Å². The molecule has 27 heavy (non-hydrogen) atoms. The lowest BCUT2D eigenvalue weighted by Crippen LogP contribution is -2.61. The number of rotatable bonds is 5. The van der Waals surface area contributed by atoms with Crippen LogP contribution in [0.15, 0.2) is 18.2 Å². The zero-order valence-corrected chi connectivity index (χ0v) is 16.4. The molecular weight excluding hydrogens is 338 g/mol. The standard InChI is InChI=1S/C22H31N3O2/c1-14-3-4-19(15(2)7-14)24-20(26)5-6-23-21(27)25-22-11-16-8-17(12-22)10-18(9-16)13-22/h3-4,7,16-18H,5-6,8-13H2,1-2H3,(H,24,26)(H2,23,25,27). The minimum absolute atomic E-state index is 0.0140. The van der Waals surface area contributed by atoms with E-state index in [4.69, 9.17) is 0 Å². The third kappa shape index (κ3) is 4.12. The molecule has 1 aromatic rings. The zero-order chi connectivity index (χ0) is 19.0. The summed E-state index contributed by atoms with van der Waals surface area (Å²) in [7, 11) is 0. The van der Waals surface area contributed by atoms with Gasteiger partial charge < -0.3 is 16.0 Å². The van der Waals surface area contributed by atoms with E-state index >= 15 is 0 Å². The van der Waals surface area contributed by atoms with Crippen LogP contribution in [0.1, 0.15) is 56.1 Å². The Morgan fingerprint density at radius 3 is 2.26 bits per heavy atom. The number of nitrogens with one attached hydrogen (secondary N) is 3. The molecule has 5 heteroatoms. The Hall–Kier alpha value is -2.04. The molecule has 146 valence electrons. The maximum absolute atomic E-state index is 12.4. The van der Waals surface area contributed by atoms with E-state index in [-0.39, 0.29) is 23.9 Å². The summed E-state index contributed by atoms with van der Waals surface area (Å²) < 4.78 is 0. The molecule has 3 amide bonds. The Morgan fingerprint density at radius 2 is 1.67 bits per heavy atom. The minimum Gasteiger partial charge on any atom is -0.338 e. The molecule has 0 atom stereocenters. The molecule has 0 aliphatic heterocycles. The molecule has 4 bridgehead atoms. The van der Waals surface area contributed by atoms with E-state index in [9.17, 15) is 9.59 Å². The van der Waals surface area contributed by atoms with Gasteiger partial charge in [-0.25, -0.2) is 4.79 Å². The maximum Gasteiger partial charge on any atom is 0.315 e. The summed E-state index contributed by atoms with van der Waals surface area (Å²) in [5.41, 5.74) is 3.08. The van der Waals surface area contributed by atoms with Gasteiger partial charge in [-0.1, -0.05) is 17.7 Å². The van der Waals surface area contributed by atoms with Gasteiger partial charge in [-0.15, -0.1) is 0 Å². The molecule has 1 aromatic carbocycles. The van der Waals surface area contributed by atoms with Gasteiger partial charge in [0.1, 0.15) is 0 Å². The topological polar surface area (TPSA) is 70.2 Å². The first-order valence-electron chi connectivity index (χ1n) is 10.3. The summed E-state index contributed by atoms with van der Waals surface area (Å²) >= 11 is 0. The van der Waals surface area contributed by atoms with Crippen molar-refractivity contribution >= 4 is 17.6 Å². The largest absolute Gasteiger partial charge is 0.338 e. The quantitative estimate of drug-likeness (QED) is 0.737. The van der Waals surface area contributed by atoms with Crippen molar-refractivity contribution in [2.75, 3.05) is 11.9 Å². The van der Waals surface area contributed by atoms with E-state index in [2.05, 4.69) is 16.0 Å². The SMILES string of the molecule is Cc1ccc(NC(=O)CCNC(=O)NC23CC4CC(CC(C4)C2)C3)c(C)c1. The van der Waals surface area contributed by atoms with E-state index < -0.39 is 0 Å². The molecule has 0 aromatic heterocycles. The molecule has 4 aliphatic rings. The number of anilines is 1. The van der Waals surface area contributed by atoms with Crippen LogP contribution in [0.25, 0.3) is 0 Å². The van der Waals surface area contributed by atoms with Crippen molar-refractivity contribution in [3.05, 3.63) is 29.3 Å². The summed E-state index contributed by atoms with van der Waals surface area (Å²) in [6.45, 7) is 4.37. The predicted molar refractivity (Wildman–Crippen MR) is 107 cm³/mol. The third-order valence-corrected chi connectivity index (χ3v) is 6.71. The monoisotopic (exact) mass is 369 g/mol. The first-order valence-corrected chi connectivity index (χ1v) is 10.3. The second-order valence-corrected chi connectivity index (χ2v) is 9.20. The smallest absolute Gasteiger partial charge is 0.315 e. The highest BCUT2D eigenvalue weighted by Crippen LogP contribution is 2.55. The van der Waals surface area contributed by atoms with Crippen molar-refractivity contribution in [2.45, 2.75) is 64.3 Å². The van der Waals surface area contributed by atoms with Crippen molar-refractivity contribution in [3.63, 3.8) is 0 Å². The lowest BCUT2D eigenvalue weighted by Gasteiger charge is -2.56. The van der Waals surface area contributed by atoms with Gasteiger partial charge in [-0.3, -0.25) is 4.79 Å². The fourth-order valence-electron chi connectivity index (χ4n) is 6.00. The van der Waals surface area contributed by atoms with E-state index in [0.29, 0.717) is 6.54 Å². The van der Waals surface area contributed by atoms with Crippen LogP contribution in [0.4, 0.5) is 10.5 Å². The molecule has 4 fully saturated rings. The number of urea groups is 1. The van der Waals surface area contributed by atoms with Crippen molar-refractivity contribution in [2.24, 2.45) is 17.8 Å². The molecule has 3 N–H and O–H groups in total. The van der Waals surface area contributed by atoms with Gasteiger partial charge in [-0.05, 0) is 81.8 Å². The van der Waals surface area contributed by atoms with Gasteiger partial charge in [0.15, 0.2) is 0 Å². The second kappa shape index (κ2) is 7.17. The van der Waals surface area contributed by atoms with Crippen molar-refractivity contribution in [1.82, 2.24) is 10.6 Å². The molecule has 0 radical (unpaired) electrons. The minimum atomic E-state index is -0.115. The number of carbonyl (C=O) groups excluding carboxylic acids is 2. The van der Waals surface area contributed by atoms with Crippen LogP contribution >= 0.6 is 0 Å². The number of hydrogen-bond donors (Lipinski definition) is 3. The second-order valence-electron chi connectivity index (χ2n) is 9.20. The van der Waals surface area contributed by atoms with Crippen LogP contribution in [-0.2, 0) is 4.79 Å². The lowest BCUT2D eigenvalue weighted by molar-refractivity contribution is -0.116. The average molecular weight is 370 g/mol. The van der Waals surface area contributed by atoms with Crippen LogP contribution in [0.2, 0.25) is 0 Å². The van der Waals surface area contributed by atoms with Gasteiger partial charge in [0.05, 0.1) is 0 Å². The van der Waals surface area contributed by atoms with Gasteiger partial charge in [-0.2, -0.15) is 0 Å². The van der Waals surface area contributed by atoms with Crippen LogP contribution in [0, 0.1) is 31.6 Å². The number of benzene rings is 1. The number of carbonyl (C=O) groups is 2. The van der Waals surface area contributed by atoms with Crippen LogP contribution < -0.4 is 16.0 Å². The third-order valence-electron chi connectivity index (χ3n) is 6.71. The Morgan fingerprint density at radius 1 is 1.04 bits per heavy atom. The Bertz CT molecular complexity index is 708. The van der Waals surface area contributed by atoms with Gasteiger partial charge in [0.25, 0.3) is 0 Å². The molecule has 0 unspecified atom stereocenters. The normalized spacial score (nSPS) is 30.8. The molecule has 0 saturated heterocycles. The molecular formula is C22H31N3O2. The van der Waals surface area contributed by atoms with Gasteiger partial charge in [0, 0.05) is 24.2 Å². The van der Waals surface area contributed by atoms with Crippen molar-refractivity contribution in [1.29, 1.82) is 0 Å². The van der Waals surface area contributed by atoms with Crippen molar-refractivity contribution < 1.29 is 9.59 Å². The number of aryl methyl sites for hydroxylation is 2. The highest BCUT2D eigenvalue weighted by atomic mass is 16.2.